The molecule has 1 unspecified atom stereocenters. The average molecular weight is 427 g/mol. The Hall–Kier alpha value is -2.47. The third kappa shape index (κ3) is 5.62. The van der Waals surface area contributed by atoms with Gasteiger partial charge in [-0.15, -0.1) is 0 Å². The highest BCUT2D eigenvalue weighted by Crippen LogP contribution is 2.28. The summed E-state index contributed by atoms with van der Waals surface area (Å²) >= 11 is 0. The Labute approximate surface area is 185 Å². The third-order valence-electron chi connectivity index (χ3n) is 6.63. The number of likely N-dealkylation sites (N-methyl/N-ethyl adjacent to an activating group) is 1. The van der Waals surface area contributed by atoms with Crippen molar-refractivity contribution in [2.45, 2.75) is 52.6 Å². The lowest BCUT2D eigenvalue weighted by atomic mass is 9.84. The quantitative estimate of drug-likeness (QED) is 0.626. The molecule has 0 spiro atoms. The number of halogens is 1. The van der Waals surface area contributed by atoms with Crippen LogP contribution in [0.1, 0.15) is 43.5 Å². The standard InChI is InChI=1S/C25H35FN4O/c1-6-18(2)25(31)30-13-11-20(12-14-30)24(15-21-9-7-8-10-23(21)26)28(4)16-22-17-29(5)27-19(22)3/h6-10,17,20,24H,11-16H2,1-5H3. The first-order valence-corrected chi connectivity index (χ1v) is 11.1. The number of benzene rings is 1. The van der Waals surface area contributed by atoms with Crippen molar-refractivity contribution in [3.05, 3.63) is 64.7 Å². The molecule has 1 aliphatic rings. The van der Waals surface area contributed by atoms with Crippen LogP contribution in [0.5, 0.6) is 0 Å². The zero-order valence-electron chi connectivity index (χ0n) is 19.4. The molecule has 1 aromatic heterocycles. The number of carbonyl (C=O) groups excluding carboxylic acids is 1. The highest BCUT2D eigenvalue weighted by Gasteiger charge is 2.32. The summed E-state index contributed by atoms with van der Waals surface area (Å²) in [5, 5.41) is 4.47. The molecule has 0 N–H and O–H groups in total. The zero-order chi connectivity index (χ0) is 22.5. The van der Waals surface area contributed by atoms with Gasteiger partial charge in [0.15, 0.2) is 0 Å². The number of aromatic nitrogens is 2. The predicted octanol–water partition coefficient (Wildman–Crippen LogP) is 4.12. The predicted molar refractivity (Wildman–Crippen MR) is 122 cm³/mol. The van der Waals surface area contributed by atoms with Gasteiger partial charge in [-0.1, -0.05) is 24.3 Å². The summed E-state index contributed by atoms with van der Waals surface area (Å²) in [5.41, 5.74) is 3.78. The summed E-state index contributed by atoms with van der Waals surface area (Å²) in [6.45, 7) is 8.09. The Kier molecular flexibility index (Phi) is 7.65. The molecule has 2 heterocycles. The summed E-state index contributed by atoms with van der Waals surface area (Å²) in [5.74, 6) is 0.386. The maximum Gasteiger partial charge on any atom is 0.249 e. The van der Waals surface area contributed by atoms with Crippen LogP contribution in [0.4, 0.5) is 4.39 Å². The normalized spacial score (nSPS) is 16.7. The lowest BCUT2D eigenvalue weighted by Crippen LogP contribution is -2.46. The molecule has 0 bridgehead atoms. The van der Waals surface area contributed by atoms with E-state index in [9.17, 15) is 9.18 Å². The SMILES string of the molecule is CC=C(C)C(=O)N1CCC(C(Cc2ccccc2F)N(C)Cc2cn(C)nc2C)CC1. The molecule has 1 fully saturated rings. The Morgan fingerprint density at radius 2 is 1.97 bits per heavy atom. The van der Waals surface area contributed by atoms with Gasteiger partial charge in [-0.05, 0) is 64.6 Å². The van der Waals surface area contributed by atoms with Crippen molar-refractivity contribution in [3.8, 4) is 0 Å². The van der Waals surface area contributed by atoms with Crippen LogP contribution < -0.4 is 0 Å². The van der Waals surface area contributed by atoms with E-state index >= 15 is 0 Å². The fourth-order valence-corrected chi connectivity index (χ4v) is 4.62. The topological polar surface area (TPSA) is 41.4 Å². The van der Waals surface area contributed by atoms with Crippen LogP contribution in [0, 0.1) is 18.7 Å². The van der Waals surface area contributed by atoms with E-state index in [-0.39, 0.29) is 17.8 Å². The number of hydrogen-bond donors (Lipinski definition) is 0. The zero-order valence-corrected chi connectivity index (χ0v) is 19.4. The largest absolute Gasteiger partial charge is 0.339 e. The van der Waals surface area contributed by atoms with Crippen molar-refractivity contribution in [2.24, 2.45) is 13.0 Å². The van der Waals surface area contributed by atoms with Crippen molar-refractivity contribution in [1.29, 1.82) is 0 Å². The molecule has 1 aliphatic heterocycles. The fraction of sp³-hybridized carbons (Fsp3) is 0.520. The van der Waals surface area contributed by atoms with Crippen LogP contribution in [0.25, 0.3) is 0 Å². The van der Waals surface area contributed by atoms with E-state index in [1.807, 2.05) is 55.6 Å². The first kappa shape index (κ1) is 23.2. The van der Waals surface area contributed by atoms with E-state index in [2.05, 4.69) is 23.2 Å². The Morgan fingerprint density at radius 1 is 1.29 bits per heavy atom. The lowest BCUT2D eigenvalue weighted by Gasteiger charge is -2.40. The van der Waals surface area contributed by atoms with E-state index in [0.29, 0.717) is 12.3 Å². The minimum absolute atomic E-state index is 0.131. The van der Waals surface area contributed by atoms with Crippen LogP contribution >= 0.6 is 0 Å². The second kappa shape index (κ2) is 10.2. The highest BCUT2D eigenvalue weighted by molar-refractivity contribution is 5.92. The van der Waals surface area contributed by atoms with Crippen molar-refractivity contribution in [2.75, 3.05) is 20.1 Å². The summed E-state index contributed by atoms with van der Waals surface area (Å²) in [6, 6.07) is 7.27. The monoisotopic (exact) mass is 426 g/mol. The first-order chi connectivity index (χ1) is 14.8. The van der Waals surface area contributed by atoms with Gasteiger partial charge < -0.3 is 4.90 Å². The molecule has 6 heteroatoms. The van der Waals surface area contributed by atoms with Gasteiger partial charge in [0.05, 0.1) is 5.69 Å². The van der Waals surface area contributed by atoms with E-state index in [1.165, 1.54) is 5.56 Å². The summed E-state index contributed by atoms with van der Waals surface area (Å²) in [4.78, 5) is 16.8. The van der Waals surface area contributed by atoms with Gasteiger partial charge in [0.25, 0.3) is 0 Å². The number of carbonyl (C=O) groups is 1. The Morgan fingerprint density at radius 3 is 2.55 bits per heavy atom. The molecule has 0 radical (unpaired) electrons. The van der Waals surface area contributed by atoms with Gasteiger partial charge >= 0.3 is 0 Å². The number of hydrogen-bond acceptors (Lipinski definition) is 3. The summed E-state index contributed by atoms with van der Waals surface area (Å²) in [6.07, 6.45) is 6.46. The molecule has 1 atom stereocenters. The molecular formula is C25H35FN4O. The van der Waals surface area contributed by atoms with Gasteiger partial charge in [0.1, 0.15) is 5.82 Å². The number of likely N-dealkylation sites (tertiary alicyclic amines) is 1. The number of nitrogens with zero attached hydrogens (tertiary/aromatic N) is 4. The number of piperidine rings is 1. The van der Waals surface area contributed by atoms with Gasteiger partial charge in [-0.3, -0.25) is 14.4 Å². The van der Waals surface area contributed by atoms with Gasteiger partial charge in [-0.2, -0.15) is 5.10 Å². The fourth-order valence-electron chi connectivity index (χ4n) is 4.62. The first-order valence-electron chi connectivity index (χ1n) is 11.1. The van der Waals surface area contributed by atoms with Crippen molar-refractivity contribution >= 4 is 5.91 Å². The maximum absolute atomic E-state index is 14.5. The third-order valence-corrected chi connectivity index (χ3v) is 6.63. The number of allylic oxidation sites excluding steroid dienone is 1. The van der Waals surface area contributed by atoms with Crippen molar-refractivity contribution in [1.82, 2.24) is 19.6 Å². The molecule has 31 heavy (non-hydrogen) atoms. The van der Waals surface area contributed by atoms with Crippen molar-refractivity contribution in [3.63, 3.8) is 0 Å². The molecule has 1 amide bonds. The number of aryl methyl sites for hydroxylation is 2. The molecular weight excluding hydrogens is 391 g/mol. The highest BCUT2D eigenvalue weighted by atomic mass is 19.1. The molecule has 5 nitrogen and oxygen atoms in total. The summed E-state index contributed by atoms with van der Waals surface area (Å²) < 4.78 is 16.3. The van der Waals surface area contributed by atoms with E-state index in [4.69, 9.17) is 0 Å². The van der Waals surface area contributed by atoms with Crippen LogP contribution in [-0.4, -0.2) is 51.7 Å². The summed E-state index contributed by atoms with van der Waals surface area (Å²) in [7, 11) is 4.06. The van der Waals surface area contributed by atoms with E-state index in [0.717, 1.165) is 49.3 Å². The molecule has 0 aliphatic carbocycles. The van der Waals surface area contributed by atoms with Crippen LogP contribution in [0.15, 0.2) is 42.1 Å². The molecule has 2 aromatic rings. The van der Waals surface area contributed by atoms with E-state index in [1.54, 1.807) is 12.1 Å². The average Bonchev–Trinajstić information content (AvgIpc) is 3.08. The second-order valence-electron chi connectivity index (χ2n) is 8.79. The molecule has 3 rings (SSSR count). The smallest absolute Gasteiger partial charge is 0.249 e. The minimum atomic E-state index is -0.144. The van der Waals surface area contributed by atoms with Crippen molar-refractivity contribution < 1.29 is 9.18 Å². The second-order valence-corrected chi connectivity index (χ2v) is 8.79. The lowest BCUT2D eigenvalue weighted by molar-refractivity contribution is -0.128. The van der Waals surface area contributed by atoms with E-state index < -0.39 is 0 Å². The Bertz CT molecular complexity index is 927. The van der Waals surface area contributed by atoms with Crippen LogP contribution in [-0.2, 0) is 24.8 Å². The van der Waals surface area contributed by atoms with Crippen LogP contribution in [0.2, 0.25) is 0 Å². The van der Waals surface area contributed by atoms with Gasteiger partial charge in [0.2, 0.25) is 5.91 Å². The molecule has 0 saturated carbocycles. The maximum atomic E-state index is 14.5. The van der Waals surface area contributed by atoms with Gasteiger partial charge in [0, 0.05) is 50.1 Å². The number of rotatable bonds is 7. The minimum Gasteiger partial charge on any atom is -0.339 e. The van der Waals surface area contributed by atoms with Crippen LogP contribution in [0.3, 0.4) is 0 Å². The molecule has 168 valence electrons. The molecule has 1 aromatic carbocycles. The number of amides is 1. The Balaban J connectivity index is 1.77. The molecule has 1 saturated heterocycles. The van der Waals surface area contributed by atoms with Gasteiger partial charge in [-0.25, -0.2) is 4.39 Å².